The number of ether oxygens (including phenoxy) is 1. The van der Waals surface area contributed by atoms with Gasteiger partial charge in [0.2, 0.25) is 0 Å². The van der Waals surface area contributed by atoms with Gasteiger partial charge in [0.1, 0.15) is 6.61 Å². The molecule has 2 nitrogen and oxygen atoms in total. The molecule has 0 fully saturated rings. The van der Waals surface area contributed by atoms with Crippen molar-refractivity contribution < 1.29 is 9.13 Å². The van der Waals surface area contributed by atoms with E-state index in [4.69, 9.17) is 4.74 Å². The zero-order valence-electron chi connectivity index (χ0n) is 12.1. The van der Waals surface area contributed by atoms with Crippen LogP contribution in [0.4, 0.5) is 4.39 Å². The molecule has 0 aliphatic rings. The van der Waals surface area contributed by atoms with E-state index in [9.17, 15) is 4.39 Å². The Hall–Kier alpha value is -1.39. The highest BCUT2D eigenvalue weighted by Gasteiger charge is 2.08. The van der Waals surface area contributed by atoms with Gasteiger partial charge in [0.05, 0.1) is 0 Å². The molecule has 2 aromatic rings. The Balaban J connectivity index is 2.03. The molecule has 2 rings (SSSR count). The van der Waals surface area contributed by atoms with Crippen LogP contribution in [0.25, 0.3) is 0 Å². The molecule has 0 bridgehead atoms. The van der Waals surface area contributed by atoms with Crippen molar-refractivity contribution in [2.24, 2.45) is 0 Å². The van der Waals surface area contributed by atoms with Gasteiger partial charge in [-0.25, -0.2) is 4.39 Å². The number of nitrogens with one attached hydrogen (secondary N) is 1. The highest BCUT2D eigenvalue weighted by atomic mass is 32.1. The first-order valence-corrected chi connectivity index (χ1v) is 7.59. The zero-order chi connectivity index (χ0) is 14.5. The number of hydrogen-bond acceptors (Lipinski definition) is 3. The third-order valence-electron chi connectivity index (χ3n) is 3.09. The van der Waals surface area contributed by atoms with Crippen molar-refractivity contribution in [1.82, 2.24) is 5.32 Å². The standard InChI is InChI=1S/C16H20FNOS/c1-4-18-9-14-8-13(12(3)20-14)10-19-16-7-11(2)5-6-15(16)17/h5-8,18H,4,9-10H2,1-3H3. The Morgan fingerprint density at radius 1 is 1.25 bits per heavy atom. The summed E-state index contributed by atoms with van der Waals surface area (Å²) in [5.74, 6) is 0.0141. The lowest BCUT2D eigenvalue weighted by molar-refractivity contribution is 0.290. The summed E-state index contributed by atoms with van der Waals surface area (Å²) in [6, 6.07) is 7.06. The average Bonchev–Trinajstić information content (AvgIpc) is 2.78. The normalized spacial score (nSPS) is 10.8. The van der Waals surface area contributed by atoms with Crippen molar-refractivity contribution in [3.8, 4) is 5.75 Å². The molecule has 0 spiro atoms. The van der Waals surface area contributed by atoms with Crippen LogP contribution in [-0.2, 0) is 13.2 Å². The third kappa shape index (κ3) is 3.81. The van der Waals surface area contributed by atoms with Crippen LogP contribution in [0, 0.1) is 19.7 Å². The van der Waals surface area contributed by atoms with Crippen LogP contribution in [0.2, 0.25) is 0 Å². The van der Waals surface area contributed by atoms with Crippen LogP contribution >= 0.6 is 11.3 Å². The lowest BCUT2D eigenvalue weighted by Gasteiger charge is -2.07. The van der Waals surface area contributed by atoms with Crippen LogP contribution in [0.5, 0.6) is 5.75 Å². The molecule has 0 amide bonds. The number of thiophene rings is 1. The Morgan fingerprint density at radius 2 is 2.05 bits per heavy atom. The van der Waals surface area contributed by atoms with E-state index >= 15 is 0 Å². The van der Waals surface area contributed by atoms with E-state index in [1.807, 2.05) is 6.92 Å². The molecule has 0 saturated heterocycles. The lowest BCUT2D eigenvalue weighted by Crippen LogP contribution is -2.10. The largest absolute Gasteiger partial charge is 0.486 e. The predicted molar refractivity (Wildman–Crippen MR) is 81.9 cm³/mol. The second-order valence-corrected chi connectivity index (χ2v) is 6.14. The van der Waals surface area contributed by atoms with E-state index in [-0.39, 0.29) is 5.82 Å². The summed E-state index contributed by atoms with van der Waals surface area (Å²) in [5.41, 5.74) is 2.13. The van der Waals surface area contributed by atoms with Crippen LogP contribution in [0.3, 0.4) is 0 Å². The van der Waals surface area contributed by atoms with Crippen molar-refractivity contribution in [2.45, 2.75) is 33.9 Å². The minimum Gasteiger partial charge on any atom is -0.486 e. The van der Waals surface area contributed by atoms with Gasteiger partial charge in [-0.1, -0.05) is 13.0 Å². The van der Waals surface area contributed by atoms with Crippen molar-refractivity contribution in [1.29, 1.82) is 0 Å². The lowest BCUT2D eigenvalue weighted by atomic mass is 10.2. The molecule has 0 aliphatic carbocycles. The molecule has 0 atom stereocenters. The smallest absolute Gasteiger partial charge is 0.165 e. The van der Waals surface area contributed by atoms with E-state index in [0.717, 1.165) is 24.2 Å². The Bertz CT molecular complexity index is 580. The maximum Gasteiger partial charge on any atom is 0.165 e. The molecule has 1 aromatic heterocycles. The number of benzene rings is 1. The number of rotatable bonds is 6. The number of hydrogen-bond donors (Lipinski definition) is 1. The molecule has 0 unspecified atom stereocenters. The molecular formula is C16H20FNOS. The Labute approximate surface area is 123 Å². The summed E-state index contributed by atoms with van der Waals surface area (Å²) in [6.45, 7) is 8.33. The first-order valence-electron chi connectivity index (χ1n) is 6.78. The summed E-state index contributed by atoms with van der Waals surface area (Å²) in [5, 5.41) is 3.31. The van der Waals surface area contributed by atoms with Crippen LogP contribution < -0.4 is 10.1 Å². The molecule has 1 heterocycles. The fourth-order valence-corrected chi connectivity index (χ4v) is 2.96. The topological polar surface area (TPSA) is 21.3 Å². The third-order valence-corrected chi connectivity index (χ3v) is 4.18. The monoisotopic (exact) mass is 293 g/mol. The van der Waals surface area contributed by atoms with E-state index < -0.39 is 0 Å². The molecule has 0 aliphatic heterocycles. The molecule has 1 N–H and O–H groups in total. The van der Waals surface area contributed by atoms with Gasteiger partial charge in [-0.2, -0.15) is 0 Å². The van der Waals surface area contributed by atoms with Crippen LogP contribution in [0.1, 0.15) is 27.8 Å². The van der Waals surface area contributed by atoms with Gasteiger partial charge >= 0.3 is 0 Å². The maximum atomic E-state index is 13.6. The number of halogens is 1. The van der Waals surface area contributed by atoms with Crippen molar-refractivity contribution in [2.75, 3.05) is 6.54 Å². The first kappa shape index (κ1) is 15.0. The Morgan fingerprint density at radius 3 is 2.80 bits per heavy atom. The average molecular weight is 293 g/mol. The fourth-order valence-electron chi connectivity index (χ4n) is 1.94. The van der Waals surface area contributed by atoms with Gasteiger partial charge in [-0.15, -0.1) is 11.3 Å². The summed E-state index contributed by atoms with van der Waals surface area (Å²) < 4.78 is 19.2. The minimum atomic E-state index is -0.309. The molecular weight excluding hydrogens is 273 g/mol. The Kier molecular flexibility index (Phi) is 5.15. The zero-order valence-corrected chi connectivity index (χ0v) is 12.9. The van der Waals surface area contributed by atoms with Gasteiger partial charge < -0.3 is 10.1 Å². The SMILES string of the molecule is CCNCc1cc(COc2cc(C)ccc2F)c(C)s1. The molecule has 1 aromatic carbocycles. The molecule has 4 heteroatoms. The summed E-state index contributed by atoms with van der Waals surface area (Å²) in [4.78, 5) is 2.51. The highest BCUT2D eigenvalue weighted by molar-refractivity contribution is 7.12. The van der Waals surface area contributed by atoms with E-state index in [2.05, 4.69) is 25.2 Å². The molecule has 108 valence electrons. The van der Waals surface area contributed by atoms with Crippen molar-refractivity contribution in [3.63, 3.8) is 0 Å². The molecule has 20 heavy (non-hydrogen) atoms. The fraction of sp³-hybridized carbons (Fsp3) is 0.375. The summed E-state index contributed by atoms with van der Waals surface area (Å²) >= 11 is 1.76. The molecule has 0 saturated carbocycles. The van der Waals surface area contributed by atoms with Crippen LogP contribution in [-0.4, -0.2) is 6.54 Å². The quantitative estimate of drug-likeness (QED) is 0.862. The second kappa shape index (κ2) is 6.86. The van der Waals surface area contributed by atoms with Gasteiger partial charge in [0.15, 0.2) is 11.6 Å². The first-order chi connectivity index (χ1) is 9.60. The van der Waals surface area contributed by atoms with E-state index in [1.165, 1.54) is 15.8 Å². The number of aryl methyl sites for hydroxylation is 2. The maximum absolute atomic E-state index is 13.6. The van der Waals surface area contributed by atoms with Crippen LogP contribution in [0.15, 0.2) is 24.3 Å². The second-order valence-electron chi connectivity index (χ2n) is 4.80. The highest BCUT2D eigenvalue weighted by Crippen LogP contribution is 2.25. The van der Waals surface area contributed by atoms with Gasteiger partial charge in [0, 0.05) is 21.9 Å². The van der Waals surface area contributed by atoms with Gasteiger partial charge in [-0.3, -0.25) is 0 Å². The minimum absolute atomic E-state index is 0.309. The van der Waals surface area contributed by atoms with Gasteiger partial charge in [-0.05, 0) is 44.2 Å². The summed E-state index contributed by atoms with van der Waals surface area (Å²) in [7, 11) is 0. The molecule has 0 radical (unpaired) electrons. The summed E-state index contributed by atoms with van der Waals surface area (Å²) in [6.07, 6.45) is 0. The van der Waals surface area contributed by atoms with Crippen molar-refractivity contribution >= 4 is 11.3 Å². The van der Waals surface area contributed by atoms with Gasteiger partial charge in [0.25, 0.3) is 0 Å². The van der Waals surface area contributed by atoms with Crippen molar-refractivity contribution in [3.05, 3.63) is 51.0 Å². The van der Waals surface area contributed by atoms with E-state index in [0.29, 0.717) is 12.4 Å². The van der Waals surface area contributed by atoms with E-state index in [1.54, 1.807) is 23.5 Å². The predicted octanol–water partition coefficient (Wildman–Crippen LogP) is 4.19.